The molecule has 1 aromatic heterocycles. The number of hydrogen-bond acceptors (Lipinski definition) is 4. The van der Waals surface area contributed by atoms with Gasteiger partial charge in [-0.05, 0) is 41.9 Å². The van der Waals surface area contributed by atoms with Crippen LogP contribution in [0, 0.1) is 0 Å². The van der Waals surface area contributed by atoms with Crippen LogP contribution in [0.2, 0.25) is 0 Å². The number of benzene rings is 2. The van der Waals surface area contributed by atoms with Crippen molar-refractivity contribution in [1.82, 2.24) is 4.98 Å². The third kappa shape index (κ3) is 3.73. The SMILES string of the molecule is COc1cc(NC(=O)c2ccccc2-c2ccccn2)ccc1C(=O)Cl. The van der Waals surface area contributed by atoms with E-state index < -0.39 is 5.24 Å². The molecule has 1 heterocycles. The van der Waals surface area contributed by atoms with Gasteiger partial charge in [-0.15, -0.1) is 0 Å². The monoisotopic (exact) mass is 366 g/mol. The number of rotatable bonds is 5. The van der Waals surface area contributed by atoms with E-state index in [4.69, 9.17) is 16.3 Å². The highest BCUT2D eigenvalue weighted by Gasteiger charge is 2.15. The van der Waals surface area contributed by atoms with E-state index in [-0.39, 0.29) is 11.5 Å². The zero-order valence-electron chi connectivity index (χ0n) is 13.9. The first-order valence-corrected chi connectivity index (χ1v) is 8.17. The second-order valence-electron chi connectivity index (χ2n) is 5.40. The first kappa shape index (κ1) is 17.6. The van der Waals surface area contributed by atoms with Crippen molar-refractivity contribution in [3.8, 4) is 17.0 Å². The molecule has 26 heavy (non-hydrogen) atoms. The molecule has 0 saturated carbocycles. The van der Waals surface area contributed by atoms with Crippen LogP contribution in [0.1, 0.15) is 20.7 Å². The number of nitrogens with one attached hydrogen (secondary N) is 1. The number of pyridine rings is 1. The molecule has 0 aliphatic heterocycles. The lowest BCUT2D eigenvalue weighted by molar-refractivity contribution is 0.102. The van der Waals surface area contributed by atoms with Crippen LogP contribution in [0.4, 0.5) is 5.69 Å². The third-order valence-corrected chi connectivity index (χ3v) is 3.99. The highest BCUT2D eigenvalue weighted by atomic mass is 35.5. The number of nitrogens with zero attached hydrogens (tertiary/aromatic N) is 1. The molecule has 2 aromatic carbocycles. The fourth-order valence-corrected chi connectivity index (χ4v) is 2.71. The smallest absolute Gasteiger partial charge is 0.256 e. The van der Waals surface area contributed by atoms with Crippen molar-refractivity contribution in [1.29, 1.82) is 0 Å². The summed E-state index contributed by atoms with van der Waals surface area (Å²) in [6.45, 7) is 0. The van der Waals surface area contributed by atoms with E-state index in [0.29, 0.717) is 22.7 Å². The molecule has 0 aliphatic carbocycles. The van der Waals surface area contributed by atoms with Crippen molar-refractivity contribution < 1.29 is 14.3 Å². The summed E-state index contributed by atoms with van der Waals surface area (Å²) in [6.07, 6.45) is 1.68. The molecular weight excluding hydrogens is 352 g/mol. The van der Waals surface area contributed by atoms with Crippen LogP contribution in [0.25, 0.3) is 11.3 Å². The van der Waals surface area contributed by atoms with Gasteiger partial charge in [-0.3, -0.25) is 14.6 Å². The summed E-state index contributed by atoms with van der Waals surface area (Å²) in [5.74, 6) is -0.000864. The Hall–Kier alpha value is -3.18. The van der Waals surface area contributed by atoms with E-state index in [9.17, 15) is 9.59 Å². The third-order valence-electron chi connectivity index (χ3n) is 3.78. The summed E-state index contributed by atoms with van der Waals surface area (Å²) in [4.78, 5) is 28.4. The quantitative estimate of drug-likeness (QED) is 0.680. The Morgan fingerprint density at radius 3 is 2.46 bits per heavy atom. The highest BCUT2D eigenvalue weighted by Crippen LogP contribution is 2.26. The number of ether oxygens (including phenoxy) is 1. The zero-order valence-corrected chi connectivity index (χ0v) is 14.7. The Kier molecular flexibility index (Phi) is 5.29. The standard InChI is InChI=1S/C20H15ClN2O3/c1-26-18-12-13(9-10-16(18)19(21)24)23-20(25)15-7-3-2-6-14(15)17-8-4-5-11-22-17/h2-12H,1H3,(H,23,25). The van der Waals surface area contributed by atoms with Crippen LogP contribution in [0.5, 0.6) is 5.75 Å². The van der Waals surface area contributed by atoms with Gasteiger partial charge in [0, 0.05) is 29.1 Å². The molecule has 130 valence electrons. The molecule has 0 unspecified atom stereocenters. The Balaban J connectivity index is 1.91. The first-order chi connectivity index (χ1) is 12.6. The van der Waals surface area contributed by atoms with Crippen molar-refractivity contribution in [2.24, 2.45) is 0 Å². The lowest BCUT2D eigenvalue weighted by atomic mass is 10.0. The average Bonchev–Trinajstić information content (AvgIpc) is 2.68. The fourth-order valence-electron chi connectivity index (χ4n) is 2.56. The van der Waals surface area contributed by atoms with Gasteiger partial charge in [0.15, 0.2) is 0 Å². The van der Waals surface area contributed by atoms with Crippen molar-refractivity contribution in [3.63, 3.8) is 0 Å². The summed E-state index contributed by atoms with van der Waals surface area (Å²) in [6, 6.07) is 17.4. The maximum Gasteiger partial charge on any atom is 0.256 e. The number of carbonyl (C=O) groups is 2. The molecule has 3 aromatic rings. The molecule has 1 amide bonds. The maximum atomic E-state index is 12.8. The average molecular weight is 367 g/mol. The van der Waals surface area contributed by atoms with Gasteiger partial charge in [-0.1, -0.05) is 24.3 Å². The first-order valence-electron chi connectivity index (χ1n) is 7.80. The summed E-state index contributed by atoms with van der Waals surface area (Å²) in [7, 11) is 1.43. The lowest BCUT2D eigenvalue weighted by Gasteiger charge is -2.12. The molecule has 5 nitrogen and oxygen atoms in total. The predicted molar refractivity (Wildman–Crippen MR) is 101 cm³/mol. The number of amides is 1. The predicted octanol–water partition coefficient (Wildman–Crippen LogP) is 4.39. The van der Waals surface area contributed by atoms with E-state index >= 15 is 0 Å². The van der Waals surface area contributed by atoms with E-state index in [0.717, 1.165) is 5.56 Å². The van der Waals surface area contributed by atoms with Gasteiger partial charge in [0.1, 0.15) is 5.75 Å². The van der Waals surface area contributed by atoms with Crippen molar-refractivity contribution in [2.45, 2.75) is 0 Å². The molecule has 1 N–H and O–H groups in total. The van der Waals surface area contributed by atoms with Crippen LogP contribution < -0.4 is 10.1 Å². The van der Waals surface area contributed by atoms with Crippen LogP contribution in [-0.4, -0.2) is 23.2 Å². The van der Waals surface area contributed by atoms with Crippen LogP contribution >= 0.6 is 11.6 Å². The maximum absolute atomic E-state index is 12.8. The van der Waals surface area contributed by atoms with Gasteiger partial charge in [0.2, 0.25) is 0 Å². The van der Waals surface area contributed by atoms with E-state index in [2.05, 4.69) is 10.3 Å². The fraction of sp³-hybridized carbons (Fsp3) is 0.0500. The number of methoxy groups -OCH3 is 1. The number of halogens is 1. The highest BCUT2D eigenvalue weighted by molar-refractivity contribution is 6.68. The minimum absolute atomic E-state index is 0.237. The normalized spacial score (nSPS) is 10.2. The van der Waals surface area contributed by atoms with Crippen LogP contribution in [0.15, 0.2) is 66.9 Å². The molecule has 3 rings (SSSR count). The molecule has 0 radical (unpaired) electrons. The molecule has 0 spiro atoms. The van der Waals surface area contributed by atoms with Crippen LogP contribution in [0.3, 0.4) is 0 Å². The number of carbonyl (C=O) groups excluding carboxylic acids is 2. The van der Waals surface area contributed by atoms with Crippen molar-refractivity contribution in [3.05, 3.63) is 78.0 Å². The number of hydrogen-bond donors (Lipinski definition) is 1. The minimum atomic E-state index is -0.625. The zero-order chi connectivity index (χ0) is 18.5. The molecule has 0 aliphatic rings. The molecule has 0 bridgehead atoms. The van der Waals surface area contributed by atoms with Gasteiger partial charge >= 0.3 is 0 Å². The molecule has 6 heteroatoms. The lowest BCUT2D eigenvalue weighted by Crippen LogP contribution is -2.13. The molecular formula is C20H15ClN2O3. The van der Waals surface area contributed by atoms with Crippen LogP contribution in [-0.2, 0) is 0 Å². The second-order valence-corrected chi connectivity index (χ2v) is 5.75. The Morgan fingerprint density at radius 2 is 1.77 bits per heavy atom. The topological polar surface area (TPSA) is 68.3 Å². The Bertz CT molecular complexity index is 958. The number of aromatic nitrogens is 1. The summed E-state index contributed by atoms with van der Waals surface area (Å²) >= 11 is 5.52. The second kappa shape index (κ2) is 7.80. The van der Waals surface area contributed by atoms with Crippen molar-refractivity contribution in [2.75, 3.05) is 12.4 Å². The number of anilines is 1. The van der Waals surface area contributed by atoms with Gasteiger partial charge in [-0.25, -0.2) is 0 Å². The van der Waals surface area contributed by atoms with Gasteiger partial charge in [0.05, 0.1) is 18.4 Å². The Morgan fingerprint density at radius 1 is 1.00 bits per heavy atom. The van der Waals surface area contributed by atoms with Gasteiger partial charge in [-0.2, -0.15) is 0 Å². The summed E-state index contributed by atoms with van der Waals surface area (Å²) < 4.78 is 5.16. The van der Waals surface area contributed by atoms with Gasteiger partial charge in [0.25, 0.3) is 11.1 Å². The summed E-state index contributed by atoms with van der Waals surface area (Å²) in [5, 5.41) is 2.18. The van der Waals surface area contributed by atoms with Crippen molar-refractivity contribution >= 4 is 28.4 Å². The molecule has 0 atom stereocenters. The van der Waals surface area contributed by atoms with Gasteiger partial charge < -0.3 is 10.1 Å². The molecule has 0 saturated heterocycles. The minimum Gasteiger partial charge on any atom is -0.496 e. The van der Waals surface area contributed by atoms with E-state index in [1.807, 2.05) is 30.3 Å². The molecule has 0 fully saturated rings. The Labute approximate surface area is 155 Å². The van der Waals surface area contributed by atoms with E-state index in [1.54, 1.807) is 30.5 Å². The largest absolute Gasteiger partial charge is 0.496 e. The summed E-state index contributed by atoms with van der Waals surface area (Å²) in [5.41, 5.74) is 2.65. The van der Waals surface area contributed by atoms with E-state index in [1.165, 1.54) is 13.2 Å².